The van der Waals surface area contributed by atoms with Crippen LogP contribution in [-0.4, -0.2) is 11.7 Å². The second kappa shape index (κ2) is 6.78. The van der Waals surface area contributed by atoms with E-state index < -0.39 is 0 Å². The first-order chi connectivity index (χ1) is 9.60. The largest absolute Gasteiger partial charge is 0.394 e. The van der Waals surface area contributed by atoms with E-state index in [-0.39, 0.29) is 12.6 Å². The van der Waals surface area contributed by atoms with Gasteiger partial charge in [-0.2, -0.15) is 0 Å². The SMILES string of the molecule is CC(C)c1ccc(C(CO)Nc2ccc(Cl)cc2)cc1. The van der Waals surface area contributed by atoms with Gasteiger partial charge in [-0.25, -0.2) is 0 Å². The molecule has 0 aliphatic heterocycles. The summed E-state index contributed by atoms with van der Waals surface area (Å²) >= 11 is 5.87. The quantitative estimate of drug-likeness (QED) is 0.842. The van der Waals surface area contributed by atoms with Gasteiger partial charge in [0.25, 0.3) is 0 Å². The summed E-state index contributed by atoms with van der Waals surface area (Å²) in [6.07, 6.45) is 0. The molecular formula is C17H20ClNO. The molecule has 20 heavy (non-hydrogen) atoms. The molecule has 0 amide bonds. The van der Waals surface area contributed by atoms with Gasteiger partial charge in [0.05, 0.1) is 12.6 Å². The van der Waals surface area contributed by atoms with Crippen molar-refractivity contribution in [3.05, 3.63) is 64.7 Å². The van der Waals surface area contributed by atoms with Crippen molar-refractivity contribution < 1.29 is 5.11 Å². The molecule has 2 nitrogen and oxygen atoms in total. The average molecular weight is 290 g/mol. The maximum atomic E-state index is 9.59. The predicted molar refractivity (Wildman–Crippen MR) is 85.4 cm³/mol. The van der Waals surface area contributed by atoms with Crippen LogP contribution in [0.15, 0.2) is 48.5 Å². The van der Waals surface area contributed by atoms with Gasteiger partial charge in [-0.1, -0.05) is 49.7 Å². The lowest BCUT2D eigenvalue weighted by atomic mass is 9.99. The Hall–Kier alpha value is -1.51. The van der Waals surface area contributed by atoms with Crippen molar-refractivity contribution in [1.82, 2.24) is 0 Å². The van der Waals surface area contributed by atoms with Gasteiger partial charge in [-0.3, -0.25) is 0 Å². The number of hydrogen-bond donors (Lipinski definition) is 2. The third-order valence-corrected chi connectivity index (χ3v) is 3.63. The number of halogens is 1. The van der Waals surface area contributed by atoms with E-state index in [4.69, 9.17) is 11.6 Å². The van der Waals surface area contributed by atoms with E-state index in [1.165, 1.54) is 5.56 Å². The van der Waals surface area contributed by atoms with Crippen LogP contribution in [0.25, 0.3) is 0 Å². The second-order valence-electron chi connectivity index (χ2n) is 5.21. The monoisotopic (exact) mass is 289 g/mol. The highest BCUT2D eigenvalue weighted by Crippen LogP contribution is 2.23. The molecular weight excluding hydrogens is 270 g/mol. The average Bonchev–Trinajstić information content (AvgIpc) is 2.47. The highest BCUT2D eigenvalue weighted by Gasteiger charge is 2.10. The molecule has 2 rings (SSSR count). The number of rotatable bonds is 5. The molecule has 0 bridgehead atoms. The minimum atomic E-state index is -0.114. The number of aliphatic hydroxyl groups excluding tert-OH is 1. The van der Waals surface area contributed by atoms with Gasteiger partial charge in [0.2, 0.25) is 0 Å². The van der Waals surface area contributed by atoms with Crippen molar-refractivity contribution in [2.75, 3.05) is 11.9 Å². The first kappa shape index (κ1) is 14.9. The van der Waals surface area contributed by atoms with Crippen LogP contribution < -0.4 is 5.32 Å². The summed E-state index contributed by atoms with van der Waals surface area (Å²) in [5, 5.41) is 13.6. The standard InChI is InChI=1S/C17H20ClNO/c1-12(2)13-3-5-14(6-4-13)17(11-20)19-16-9-7-15(18)8-10-16/h3-10,12,17,19-20H,11H2,1-2H3. The lowest BCUT2D eigenvalue weighted by molar-refractivity contribution is 0.276. The van der Waals surface area contributed by atoms with E-state index in [1.54, 1.807) is 0 Å². The van der Waals surface area contributed by atoms with Gasteiger partial charge in [0.15, 0.2) is 0 Å². The predicted octanol–water partition coefficient (Wildman–Crippen LogP) is 4.61. The third kappa shape index (κ3) is 3.75. The summed E-state index contributed by atoms with van der Waals surface area (Å²) in [4.78, 5) is 0. The molecule has 0 radical (unpaired) electrons. The van der Waals surface area contributed by atoms with E-state index in [2.05, 4.69) is 43.4 Å². The first-order valence-corrected chi connectivity index (χ1v) is 7.20. The van der Waals surface area contributed by atoms with Crippen LogP contribution in [0.4, 0.5) is 5.69 Å². The smallest absolute Gasteiger partial charge is 0.0745 e. The highest BCUT2D eigenvalue weighted by atomic mass is 35.5. The van der Waals surface area contributed by atoms with Crippen LogP contribution in [0.5, 0.6) is 0 Å². The maximum Gasteiger partial charge on any atom is 0.0745 e. The number of nitrogens with one attached hydrogen (secondary N) is 1. The number of benzene rings is 2. The Morgan fingerprint density at radius 1 is 0.950 bits per heavy atom. The van der Waals surface area contributed by atoms with Crippen molar-refractivity contribution in [2.24, 2.45) is 0 Å². The van der Waals surface area contributed by atoms with E-state index >= 15 is 0 Å². The fourth-order valence-electron chi connectivity index (χ4n) is 2.09. The Kier molecular flexibility index (Phi) is 5.05. The Morgan fingerprint density at radius 3 is 2.00 bits per heavy atom. The lowest BCUT2D eigenvalue weighted by Crippen LogP contribution is -2.14. The van der Waals surface area contributed by atoms with Crippen LogP contribution in [-0.2, 0) is 0 Å². The van der Waals surface area contributed by atoms with Crippen molar-refractivity contribution in [1.29, 1.82) is 0 Å². The topological polar surface area (TPSA) is 32.3 Å². The van der Waals surface area contributed by atoms with E-state index in [1.807, 2.05) is 24.3 Å². The summed E-state index contributed by atoms with van der Waals surface area (Å²) in [5.41, 5.74) is 3.32. The van der Waals surface area contributed by atoms with Gasteiger partial charge in [0, 0.05) is 10.7 Å². The van der Waals surface area contributed by atoms with Crippen molar-refractivity contribution in [3.8, 4) is 0 Å². The summed E-state index contributed by atoms with van der Waals surface area (Å²) in [6.45, 7) is 4.39. The number of hydrogen-bond acceptors (Lipinski definition) is 2. The van der Waals surface area contributed by atoms with E-state index in [0.29, 0.717) is 10.9 Å². The van der Waals surface area contributed by atoms with Crippen LogP contribution in [0.3, 0.4) is 0 Å². The molecule has 2 aromatic rings. The number of aliphatic hydroxyl groups is 1. The second-order valence-corrected chi connectivity index (χ2v) is 5.64. The molecule has 0 saturated carbocycles. The molecule has 0 aliphatic carbocycles. The molecule has 3 heteroatoms. The van der Waals surface area contributed by atoms with E-state index in [0.717, 1.165) is 11.3 Å². The first-order valence-electron chi connectivity index (χ1n) is 6.83. The molecule has 2 aromatic carbocycles. The molecule has 0 heterocycles. The number of anilines is 1. The molecule has 0 saturated heterocycles. The third-order valence-electron chi connectivity index (χ3n) is 3.37. The zero-order chi connectivity index (χ0) is 14.5. The summed E-state index contributed by atoms with van der Waals surface area (Å²) in [6, 6.07) is 15.7. The zero-order valence-electron chi connectivity index (χ0n) is 11.8. The molecule has 1 unspecified atom stereocenters. The molecule has 0 aromatic heterocycles. The summed E-state index contributed by atoms with van der Waals surface area (Å²) < 4.78 is 0. The minimum absolute atomic E-state index is 0.0453. The molecule has 2 N–H and O–H groups in total. The molecule has 0 aliphatic rings. The normalized spacial score (nSPS) is 12.4. The van der Waals surface area contributed by atoms with Gasteiger partial charge >= 0.3 is 0 Å². The Labute approximate surface area is 125 Å². The summed E-state index contributed by atoms with van der Waals surface area (Å²) in [7, 11) is 0. The zero-order valence-corrected chi connectivity index (χ0v) is 12.6. The Morgan fingerprint density at radius 2 is 1.50 bits per heavy atom. The Bertz CT molecular complexity index is 534. The summed E-state index contributed by atoms with van der Waals surface area (Å²) in [5.74, 6) is 0.515. The fourth-order valence-corrected chi connectivity index (χ4v) is 2.22. The highest BCUT2D eigenvalue weighted by molar-refractivity contribution is 6.30. The van der Waals surface area contributed by atoms with Gasteiger partial charge in [-0.15, -0.1) is 0 Å². The van der Waals surface area contributed by atoms with Gasteiger partial charge < -0.3 is 10.4 Å². The molecule has 1 atom stereocenters. The molecule has 106 valence electrons. The van der Waals surface area contributed by atoms with Crippen LogP contribution in [0.2, 0.25) is 5.02 Å². The Balaban J connectivity index is 2.13. The lowest BCUT2D eigenvalue weighted by Gasteiger charge is -2.19. The minimum Gasteiger partial charge on any atom is -0.394 e. The van der Waals surface area contributed by atoms with Crippen LogP contribution in [0.1, 0.15) is 36.9 Å². The van der Waals surface area contributed by atoms with Crippen LogP contribution >= 0.6 is 11.6 Å². The fraction of sp³-hybridized carbons (Fsp3) is 0.294. The van der Waals surface area contributed by atoms with Gasteiger partial charge in [0.1, 0.15) is 0 Å². The molecule has 0 fully saturated rings. The van der Waals surface area contributed by atoms with Crippen molar-refractivity contribution in [2.45, 2.75) is 25.8 Å². The van der Waals surface area contributed by atoms with Crippen LogP contribution in [0, 0.1) is 0 Å². The van der Waals surface area contributed by atoms with Crippen molar-refractivity contribution >= 4 is 17.3 Å². The molecule has 0 spiro atoms. The van der Waals surface area contributed by atoms with Gasteiger partial charge in [-0.05, 0) is 41.3 Å². The maximum absolute atomic E-state index is 9.59. The van der Waals surface area contributed by atoms with Crippen molar-refractivity contribution in [3.63, 3.8) is 0 Å². The van der Waals surface area contributed by atoms with E-state index in [9.17, 15) is 5.11 Å².